The van der Waals surface area contributed by atoms with Crippen LogP contribution in [0.15, 0.2) is 30.7 Å². The van der Waals surface area contributed by atoms with E-state index in [1.54, 1.807) is 48.1 Å². The second kappa shape index (κ2) is 7.29. The molecule has 4 rings (SSSR count). The van der Waals surface area contributed by atoms with E-state index in [1.807, 2.05) is 15.6 Å². The van der Waals surface area contributed by atoms with Crippen LogP contribution in [0.3, 0.4) is 0 Å². The van der Waals surface area contributed by atoms with Gasteiger partial charge in [-0.3, -0.25) is 13.9 Å². The van der Waals surface area contributed by atoms with Crippen LogP contribution < -0.4 is 5.32 Å². The minimum absolute atomic E-state index is 0.00930. The molecule has 0 fully saturated rings. The zero-order valence-corrected chi connectivity index (χ0v) is 15.9. The predicted octanol–water partition coefficient (Wildman–Crippen LogP) is 0.743. The van der Waals surface area contributed by atoms with Crippen LogP contribution in [0.5, 0.6) is 0 Å². The number of fused-ring (bicyclic) bond motifs is 2. The fourth-order valence-corrected chi connectivity index (χ4v) is 3.26. The normalized spacial score (nSPS) is 13.9. The molecule has 0 saturated carbocycles. The SMILES string of the molecule is CN(C)C(=O)N1CCCn2nc(CNC(=O)c3cn4cccnc4n3)cc2C1. The number of urea groups is 1. The molecule has 146 valence electrons. The smallest absolute Gasteiger partial charge is 0.319 e. The fourth-order valence-electron chi connectivity index (χ4n) is 3.26. The lowest BCUT2D eigenvalue weighted by Gasteiger charge is -2.23. The van der Waals surface area contributed by atoms with Crippen molar-refractivity contribution >= 4 is 17.7 Å². The highest BCUT2D eigenvalue weighted by molar-refractivity contribution is 5.92. The van der Waals surface area contributed by atoms with Gasteiger partial charge in [0.15, 0.2) is 0 Å². The lowest BCUT2D eigenvalue weighted by molar-refractivity contribution is 0.0946. The molecule has 0 unspecified atom stereocenters. The standard InChI is InChI=1S/C18H22N8O2/c1-23(2)18(28)25-7-4-8-26-14(11-25)9-13(22-26)10-20-16(27)15-12-24-6-3-5-19-17(24)21-15/h3,5-6,9,12H,4,7-8,10-11H2,1-2H3,(H,20,27). The molecule has 0 atom stereocenters. The van der Waals surface area contributed by atoms with Crippen LogP contribution in [0, 0.1) is 0 Å². The van der Waals surface area contributed by atoms with Gasteiger partial charge in [0.1, 0.15) is 5.69 Å². The Morgan fingerprint density at radius 2 is 2.14 bits per heavy atom. The van der Waals surface area contributed by atoms with Gasteiger partial charge in [-0.25, -0.2) is 14.8 Å². The van der Waals surface area contributed by atoms with E-state index in [2.05, 4.69) is 20.4 Å². The van der Waals surface area contributed by atoms with Gasteiger partial charge in [-0.2, -0.15) is 5.10 Å². The van der Waals surface area contributed by atoms with Crippen molar-refractivity contribution < 1.29 is 9.59 Å². The molecular weight excluding hydrogens is 360 g/mol. The van der Waals surface area contributed by atoms with Crippen molar-refractivity contribution in [1.82, 2.24) is 39.3 Å². The van der Waals surface area contributed by atoms with Crippen LogP contribution in [0.2, 0.25) is 0 Å². The summed E-state index contributed by atoms with van der Waals surface area (Å²) in [6, 6.07) is 3.70. The number of hydrogen-bond acceptors (Lipinski definition) is 5. The molecule has 1 N–H and O–H groups in total. The van der Waals surface area contributed by atoms with Gasteiger partial charge < -0.3 is 15.1 Å². The largest absolute Gasteiger partial charge is 0.345 e. The minimum Gasteiger partial charge on any atom is -0.345 e. The molecule has 0 aliphatic carbocycles. The van der Waals surface area contributed by atoms with E-state index < -0.39 is 0 Å². The molecule has 3 aromatic heterocycles. The Bertz CT molecular complexity index is 989. The highest BCUT2D eigenvalue weighted by Crippen LogP contribution is 2.15. The highest BCUT2D eigenvalue weighted by Gasteiger charge is 2.22. The van der Waals surface area contributed by atoms with E-state index in [1.165, 1.54) is 0 Å². The number of carbonyl (C=O) groups is 2. The van der Waals surface area contributed by atoms with E-state index in [-0.39, 0.29) is 11.9 Å². The van der Waals surface area contributed by atoms with E-state index in [4.69, 9.17) is 0 Å². The van der Waals surface area contributed by atoms with Crippen LogP contribution in [-0.2, 0) is 19.6 Å². The molecule has 4 heterocycles. The summed E-state index contributed by atoms with van der Waals surface area (Å²) in [5.41, 5.74) is 2.03. The third kappa shape index (κ3) is 3.53. The molecule has 3 amide bonds. The Morgan fingerprint density at radius 3 is 2.93 bits per heavy atom. The molecular formula is C18H22N8O2. The van der Waals surface area contributed by atoms with Crippen molar-refractivity contribution in [3.05, 3.63) is 47.8 Å². The van der Waals surface area contributed by atoms with Gasteiger partial charge in [-0.15, -0.1) is 0 Å². The highest BCUT2D eigenvalue weighted by atomic mass is 16.2. The molecule has 0 bridgehead atoms. The van der Waals surface area contributed by atoms with Crippen molar-refractivity contribution in [1.29, 1.82) is 0 Å². The van der Waals surface area contributed by atoms with E-state index in [0.29, 0.717) is 31.1 Å². The monoisotopic (exact) mass is 382 g/mol. The van der Waals surface area contributed by atoms with Crippen molar-refractivity contribution in [3.8, 4) is 0 Å². The number of carbonyl (C=O) groups excluding carboxylic acids is 2. The summed E-state index contributed by atoms with van der Waals surface area (Å²) in [6.07, 6.45) is 5.91. The fraction of sp³-hybridized carbons (Fsp3) is 0.389. The molecule has 10 heteroatoms. The van der Waals surface area contributed by atoms with E-state index in [0.717, 1.165) is 24.4 Å². The molecule has 28 heavy (non-hydrogen) atoms. The number of amides is 3. The van der Waals surface area contributed by atoms with Gasteiger partial charge in [0.25, 0.3) is 5.91 Å². The summed E-state index contributed by atoms with van der Waals surface area (Å²) in [6.45, 7) is 2.25. The van der Waals surface area contributed by atoms with Crippen LogP contribution in [0.25, 0.3) is 5.78 Å². The first-order valence-corrected chi connectivity index (χ1v) is 9.11. The average Bonchev–Trinajstić information content (AvgIpc) is 3.23. The number of hydrogen-bond donors (Lipinski definition) is 1. The number of rotatable bonds is 3. The first-order chi connectivity index (χ1) is 13.5. The maximum absolute atomic E-state index is 12.4. The number of nitrogens with one attached hydrogen (secondary N) is 1. The number of imidazole rings is 1. The van der Waals surface area contributed by atoms with Crippen molar-refractivity contribution in [3.63, 3.8) is 0 Å². The Hall–Kier alpha value is -3.43. The Labute approximate surface area is 161 Å². The molecule has 0 radical (unpaired) electrons. The van der Waals surface area contributed by atoms with Crippen molar-refractivity contribution in [2.24, 2.45) is 0 Å². The van der Waals surface area contributed by atoms with Crippen LogP contribution in [-0.4, -0.2) is 66.5 Å². The first kappa shape index (κ1) is 18.0. The zero-order valence-electron chi connectivity index (χ0n) is 15.9. The minimum atomic E-state index is -0.280. The molecule has 0 aromatic carbocycles. The third-order valence-corrected chi connectivity index (χ3v) is 4.62. The summed E-state index contributed by atoms with van der Waals surface area (Å²) in [5.74, 6) is 0.199. The maximum Gasteiger partial charge on any atom is 0.319 e. The summed E-state index contributed by atoms with van der Waals surface area (Å²) in [7, 11) is 3.50. The lowest BCUT2D eigenvalue weighted by Crippen LogP contribution is -2.38. The van der Waals surface area contributed by atoms with Crippen LogP contribution in [0.4, 0.5) is 4.79 Å². The Kier molecular flexibility index (Phi) is 4.68. The van der Waals surface area contributed by atoms with Crippen LogP contribution in [0.1, 0.15) is 28.3 Å². The van der Waals surface area contributed by atoms with E-state index >= 15 is 0 Å². The number of aryl methyl sites for hydroxylation is 1. The first-order valence-electron chi connectivity index (χ1n) is 9.11. The van der Waals surface area contributed by atoms with Crippen molar-refractivity contribution in [2.45, 2.75) is 26.1 Å². The predicted molar refractivity (Wildman–Crippen MR) is 100 cm³/mol. The molecule has 1 aliphatic rings. The van der Waals surface area contributed by atoms with Gasteiger partial charge in [-0.05, 0) is 18.6 Å². The maximum atomic E-state index is 12.4. The molecule has 0 saturated heterocycles. The van der Waals surface area contributed by atoms with Gasteiger partial charge in [0, 0.05) is 45.8 Å². The zero-order chi connectivity index (χ0) is 19.7. The van der Waals surface area contributed by atoms with Gasteiger partial charge in [0.2, 0.25) is 5.78 Å². The molecule has 3 aromatic rings. The van der Waals surface area contributed by atoms with Crippen LogP contribution >= 0.6 is 0 Å². The summed E-state index contributed by atoms with van der Waals surface area (Å²) in [4.78, 5) is 36.4. The Balaban J connectivity index is 1.43. The Morgan fingerprint density at radius 1 is 1.29 bits per heavy atom. The third-order valence-electron chi connectivity index (χ3n) is 4.62. The summed E-state index contributed by atoms with van der Waals surface area (Å²) in [5, 5.41) is 7.42. The topological polar surface area (TPSA) is 101 Å². The second-order valence-electron chi connectivity index (χ2n) is 6.94. The van der Waals surface area contributed by atoms with E-state index in [9.17, 15) is 9.59 Å². The molecule has 10 nitrogen and oxygen atoms in total. The van der Waals surface area contributed by atoms with Gasteiger partial charge in [0.05, 0.1) is 24.5 Å². The summed E-state index contributed by atoms with van der Waals surface area (Å²) >= 11 is 0. The van der Waals surface area contributed by atoms with Gasteiger partial charge in [-0.1, -0.05) is 0 Å². The number of nitrogens with zero attached hydrogens (tertiary/aromatic N) is 7. The second-order valence-corrected chi connectivity index (χ2v) is 6.94. The van der Waals surface area contributed by atoms with Crippen molar-refractivity contribution in [2.75, 3.05) is 20.6 Å². The average molecular weight is 382 g/mol. The molecule has 0 spiro atoms. The molecule has 1 aliphatic heterocycles. The number of aromatic nitrogens is 5. The van der Waals surface area contributed by atoms with Gasteiger partial charge >= 0.3 is 6.03 Å². The summed E-state index contributed by atoms with van der Waals surface area (Å²) < 4.78 is 3.61. The quantitative estimate of drug-likeness (QED) is 0.720. The lowest BCUT2D eigenvalue weighted by atomic mass is 10.3.